The van der Waals surface area contributed by atoms with Gasteiger partial charge in [-0.3, -0.25) is 4.79 Å². The molecule has 0 unspecified atom stereocenters. The molecule has 1 aromatic heterocycles. The Morgan fingerprint density at radius 1 is 1.33 bits per heavy atom. The summed E-state index contributed by atoms with van der Waals surface area (Å²) in [6, 6.07) is 4.95. The number of primary amides is 1. The van der Waals surface area contributed by atoms with Gasteiger partial charge >= 0.3 is 0 Å². The third-order valence-electron chi connectivity index (χ3n) is 2.32. The Kier molecular flexibility index (Phi) is 3.57. The quantitative estimate of drug-likeness (QED) is 0.895. The van der Waals surface area contributed by atoms with E-state index in [0.29, 0.717) is 12.1 Å². The highest BCUT2D eigenvalue weighted by Gasteiger charge is 2.06. The standard InChI is InChI=1S/C12H10F2N2OS/c13-8-1-2-11(10(14)4-8)16-5-9-3-7(6-18-9)12(15)17/h1-4,6,16H,5H2,(H2,15,17). The molecule has 0 radical (unpaired) electrons. The van der Waals surface area contributed by atoms with Gasteiger partial charge in [0, 0.05) is 22.9 Å². The number of rotatable bonds is 4. The molecule has 94 valence electrons. The van der Waals surface area contributed by atoms with E-state index < -0.39 is 17.5 Å². The molecule has 0 fully saturated rings. The van der Waals surface area contributed by atoms with Crippen molar-refractivity contribution < 1.29 is 13.6 Å². The normalized spacial score (nSPS) is 10.3. The zero-order valence-electron chi connectivity index (χ0n) is 9.24. The van der Waals surface area contributed by atoms with E-state index in [4.69, 9.17) is 5.73 Å². The molecule has 1 aromatic carbocycles. The Bertz CT molecular complexity index is 583. The van der Waals surface area contributed by atoms with Crippen LogP contribution in [-0.2, 0) is 6.54 Å². The summed E-state index contributed by atoms with van der Waals surface area (Å²) in [5, 5.41) is 4.46. The van der Waals surface area contributed by atoms with Crippen molar-refractivity contribution in [2.24, 2.45) is 5.73 Å². The Labute approximate surface area is 106 Å². The van der Waals surface area contributed by atoms with E-state index in [0.717, 1.165) is 10.9 Å². The number of nitrogens with one attached hydrogen (secondary N) is 1. The number of carbonyl (C=O) groups is 1. The second-order valence-corrected chi connectivity index (χ2v) is 4.64. The van der Waals surface area contributed by atoms with Crippen LogP contribution in [0.5, 0.6) is 0 Å². The van der Waals surface area contributed by atoms with Crippen molar-refractivity contribution in [2.45, 2.75) is 6.54 Å². The van der Waals surface area contributed by atoms with Crippen molar-refractivity contribution in [3.05, 3.63) is 51.7 Å². The van der Waals surface area contributed by atoms with Gasteiger partial charge in [-0.15, -0.1) is 11.3 Å². The summed E-state index contributed by atoms with van der Waals surface area (Å²) in [5.41, 5.74) is 5.76. The van der Waals surface area contributed by atoms with E-state index in [-0.39, 0.29) is 5.69 Å². The van der Waals surface area contributed by atoms with Crippen LogP contribution in [0.25, 0.3) is 0 Å². The maximum absolute atomic E-state index is 13.3. The number of carbonyl (C=O) groups excluding carboxylic acids is 1. The lowest BCUT2D eigenvalue weighted by Gasteiger charge is -2.05. The van der Waals surface area contributed by atoms with Crippen LogP contribution in [-0.4, -0.2) is 5.91 Å². The van der Waals surface area contributed by atoms with Crippen molar-refractivity contribution >= 4 is 22.9 Å². The van der Waals surface area contributed by atoms with Crippen molar-refractivity contribution in [2.75, 3.05) is 5.32 Å². The minimum absolute atomic E-state index is 0.213. The van der Waals surface area contributed by atoms with Crippen LogP contribution in [0.2, 0.25) is 0 Å². The van der Waals surface area contributed by atoms with Gasteiger partial charge < -0.3 is 11.1 Å². The Morgan fingerprint density at radius 3 is 2.72 bits per heavy atom. The number of halogens is 2. The Morgan fingerprint density at radius 2 is 2.11 bits per heavy atom. The highest BCUT2D eigenvalue weighted by Crippen LogP contribution is 2.19. The van der Waals surface area contributed by atoms with Crippen molar-refractivity contribution in [1.82, 2.24) is 0 Å². The van der Waals surface area contributed by atoms with Crippen molar-refractivity contribution in [3.63, 3.8) is 0 Å². The fourth-order valence-corrected chi connectivity index (χ4v) is 2.23. The molecule has 3 N–H and O–H groups in total. The number of hydrogen-bond acceptors (Lipinski definition) is 3. The van der Waals surface area contributed by atoms with Crippen LogP contribution >= 0.6 is 11.3 Å². The Balaban J connectivity index is 2.04. The first-order chi connectivity index (χ1) is 8.56. The minimum atomic E-state index is -0.651. The van der Waals surface area contributed by atoms with Gasteiger partial charge in [-0.1, -0.05) is 0 Å². The van der Waals surface area contributed by atoms with Gasteiger partial charge in [0.15, 0.2) is 0 Å². The lowest BCUT2D eigenvalue weighted by molar-refractivity contribution is 0.100. The zero-order chi connectivity index (χ0) is 13.1. The van der Waals surface area contributed by atoms with E-state index in [1.165, 1.54) is 23.5 Å². The summed E-state index contributed by atoms with van der Waals surface area (Å²) in [6.07, 6.45) is 0. The SMILES string of the molecule is NC(=O)c1csc(CNc2ccc(F)cc2F)c1. The fourth-order valence-electron chi connectivity index (χ4n) is 1.42. The lowest BCUT2D eigenvalue weighted by atomic mass is 10.2. The highest BCUT2D eigenvalue weighted by molar-refractivity contribution is 7.10. The number of anilines is 1. The molecule has 6 heteroatoms. The lowest BCUT2D eigenvalue weighted by Crippen LogP contribution is -2.09. The van der Waals surface area contributed by atoms with Crippen LogP contribution in [0.3, 0.4) is 0 Å². The smallest absolute Gasteiger partial charge is 0.249 e. The summed E-state index contributed by atoms with van der Waals surface area (Å²) in [7, 11) is 0. The molecule has 0 spiro atoms. The number of amides is 1. The van der Waals surface area contributed by atoms with E-state index >= 15 is 0 Å². The molecule has 0 aliphatic carbocycles. The average Bonchev–Trinajstić information content (AvgIpc) is 2.76. The average molecular weight is 268 g/mol. The monoisotopic (exact) mass is 268 g/mol. The van der Waals surface area contributed by atoms with E-state index in [2.05, 4.69) is 5.32 Å². The third kappa shape index (κ3) is 2.84. The highest BCUT2D eigenvalue weighted by atomic mass is 32.1. The van der Waals surface area contributed by atoms with Gasteiger partial charge in [-0.25, -0.2) is 8.78 Å². The summed E-state index contributed by atoms with van der Waals surface area (Å²) in [4.78, 5) is 11.7. The molecule has 0 saturated carbocycles. The summed E-state index contributed by atoms with van der Waals surface area (Å²) >= 11 is 1.35. The van der Waals surface area contributed by atoms with Crippen LogP contribution in [0, 0.1) is 11.6 Å². The molecule has 18 heavy (non-hydrogen) atoms. The second-order valence-electron chi connectivity index (χ2n) is 3.64. The minimum Gasteiger partial charge on any atom is -0.378 e. The van der Waals surface area contributed by atoms with Crippen LogP contribution in [0.4, 0.5) is 14.5 Å². The largest absolute Gasteiger partial charge is 0.378 e. The van der Waals surface area contributed by atoms with Gasteiger partial charge in [0.1, 0.15) is 11.6 Å². The van der Waals surface area contributed by atoms with Gasteiger partial charge in [0.2, 0.25) is 5.91 Å². The number of nitrogens with two attached hydrogens (primary N) is 1. The maximum Gasteiger partial charge on any atom is 0.249 e. The van der Waals surface area contributed by atoms with E-state index in [1.807, 2.05) is 0 Å². The van der Waals surface area contributed by atoms with Crippen LogP contribution < -0.4 is 11.1 Å². The first-order valence-electron chi connectivity index (χ1n) is 5.12. The van der Waals surface area contributed by atoms with Gasteiger partial charge in [0.05, 0.1) is 11.3 Å². The van der Waals surface area contributed by atoms with Gasteiger partial charge in [0.25, 0.3) is 0 Å². The van der Waals surface area contributed by atoms with Crippen LogP contribution in [0.15, 0.2) is 29.6 Å². The molecule has 0 bridgehead atoms. The van der Waals surface area contributed by atoms with Crippen molar-refractivity contribution in [3.8, 4) is 0 Å². The molecular weight excluding hydrogens is 258 g/mol. The van der Waals surface area contributed by atoms with Crippen molar-refractivity contribution in [1.29, 1.82) is 0 Å². The molecule has 1 amide bonds. The van der Waals surface area contributed by atoms with Gasteiger partial charge in [-0.2, -0.15) is 0 Å². The first kappa shape index (κ1) is 12.5. The molecule has 0 saturated heterocycles. The molecule has 0 aliphatic heterocycles. The van der Waals surface area contributed by atoms with E-state index in [9.17, 15) is 13.6 Å². The third-order valence-corrected chi connectivity index (χ3v) is 3.26. The summed E-state index contributed by atoms with van der Waals surface area (Å²) in [6.45, 7) is 0.348. The molecule has 2 aromatic rings. The number of hydrogen-bond donors (Lipinski definition) is 2. The second kappa shape index (κ2) is 5.14. The summed E-state index contributed by atoms with van der Waals surface area (Å²) in [5.74, 6) is -1.77. The number of benzene rings is 1. The first-order valence-corrected chi connectivity index (χ1v) is 6.00. The maximum atomic E-state index is 13.3. The zero-order valence-corrected chi connectivity index (χ0v) is 10.1. The Hall–Kier alpha value is -1.95. The predicted octanol–water partition coefficient (Wildman–Crippen LogP) is 2.74. The van der Waals surface area contributed by atoms with Crippen LogP contribution in [0.1, 0.15) is 15.2 Å². The molecule has 0 atom stereocenters. The molecule has 0 aliphatic rings. The molecule has 3 nitrogen and oxygen atoms in total. The number of thiophene rings is 1. The topological polar surface area (TPSA) is 55.1 Å². The summed E-state index contributed by atoms with van der Waals surface area (Å²) < 4.78 is 26.0. The van der Waals surface area contributed by atoms with Gasteiger partial charge in [-0.05, 0) is 18.2 Å². The van der Waals surface area contributed by atoms with E-state index in [1.54, 1.807) is 11.4 Å². The molecular formula is C12H10F2N2OS. The molecule has 2 rings (SSSR count). The molecule has 1 heterocycles. The fraction of sp³-hybridized carbons (Fsp3) is 0.0833. The predicted molar refractivity (Wildman–Crippen MR) is 66.5 cm³/mol.